The van der Waals surface area contributed by atoms with E-state index in [1.54, 1.807) is 0 Å². The predicted molar refractivity (Wildman–Crippen MR) is 85.1 cm³/mol. The molecule has 0 saturated carbocycles. The second-order valence-electron chi connectivity index (χ2n) is 5.32. The summed E-state index contributed by atoms with van der Waals surface area (Å²) in [6.45, 7) is 0.983. The van der Waals surface area contributed by atoms with E-state index in [0.29, 0.717) is 6.54 Å². The fraction of sp³-hybridized carbons (Fsp3) is 0.467. The van der Waals surface area contributed by atoms with E-state index in [4.69, 9.17) is 0 Å². The monoisotopic (exact) mass is 365 g/mol. The number of alkyl halides is 3. The molecule has 1 saturated heterocycles. The molecule has 1 unspecified atom stereocenters. The minimum atomic E-state index is -4.62. The van der Waals surface area contributed by atoms with E-state index >= 15 is 0 Å². The largest absolute Gasteiger partial charge is 0.417 e. The van der Waals surface area contributed by atoms with Crippen LogP contribution in [0.2, 0.25) is 0 Å². The number of carbonyl (C=O) groups is 2. The molecule has 0 radical (unpaired) electrons. The van der Waals surface area contributed by atoms with Crippen LogP contribution in [0.25, 0.3) is 0 Å². The highest BCUT2D eigenvalue weighted by Crippen LogP contribution is 2.31. The number of carbonyl (C=O) groups excluding carboxylic acids is 2. The van der Waals surface area contributed by atoms with Gasteiger partial charge in [0.05, 0.1) is 17.7 Å². The van der Waals surface area contributed by atoms with E-state index in [2.05, 4.69) is 16.0 Å². The standard InChI is InChI=1S/C15H18F3N3O2.ClH/c16-15(17,18)12-6-2-1-5-11(12)14(23)21-9-13(22)20-8-10-4-3-7-19-10;/h1-2,5-6,10,19H,3-4,7-9H2,(H,20,22)(H,21,23);1H. The van der Waals surface area contributed by atoms with Gasteiger partial charge < -0.3 is 16.0 Å². The average Bonchev–Trinajstić information content (AvgIpc) is 3.03. The molecule has 9 heteroatoms. The van der Waals surface area contributed by atoms with Crippen LogP contribution in [0.4, 0.5) is 13.2 Å². The second-order valence-corrected chi connectivity index (χ2v) is 5.32. The van der Waals surface area contributed by atoms with Gasteiger partial charge in [0.2, 0.25) is 5.91 Å². The minimum Gasteiger partial charge on any atom is -0.353 e. The Morgan fingerprint density at radius 3 is 2.54 bits per heavy atom. The summed E-state index contributed by atoms with van der Waals surface area (Å²) in [6, 6.07) is 4.68. The SMILES string of the molecule is Cl.O=C(CNC(=O)c1ccccc1C(F)(F)F)NCC1CCCN1. The van der Waals surface area contributed by atoms with Crippen LogP contribution in [0, 0.1) is 0 Å². The number of benzene rings is 1. The van der Waals surface area contributed by atoms with Crippen molar-refractivity contribution in [3.8, 4) is 0 Å². The minimum absolute atomic E-state index is 0. The van der Waals surface area contributed by atoms with Crippen LogP contribution in [-0.4, -0.2) is 37.5 Å². The maximum absolute atomic E-state index is 12.8. The lowest BCUT2D eigenvalue weighted by Crippen LogP contribution is -2.42. The Morgan fingerprint density at radius 1 is 1.21 bits per heavy atom. The topological polar surface area (TPSA) is 70.2 Å². The molecule has 1 fully saturated rings. The van der Waals surface area contributed by atoms with Crippen LogP contribution in [0.1, 0.15) is 28.8 Å². The van der Waals surface area contributed by atoms with Crippen LogP contribution >= 0.6 is 12.4 Å². The van der Waals surface area contributed by atoms with Gasteiger partial charge in [-0.2, -0.15) is 13.2 Å². The van der Waals surface area contributed by atoms with Gasteiger partial charge in [0.15, 0.2) is 0 Å². The molecular weight excluding hydrogens is 347 g/mol. The third-order valence-electron chi connectivity index (χ3n) is 3.59. The van der Waals surface area contributed by atoms with Gasteiger partial charge in [-0.25, -0.2) is 0 Å². The molecule has 0 aliphatic carbocycles. The smallest absolute Gasteiger partial charge is 0.353 e. The summed E-state index contributed by atoms with van der Waals surface area (Å²) in [4.78, 5) is 23.5. The molecule has 1 aliphatic heterocycles. The van der Waals surface area contributed by atoms with Gasteiger partial charge in [-0.05, 0) is 31.5 Å². The third-order valence-corrected chi connectivity index (χ3v) is 3.59. The molecule has 3 N–H and O–H groups in total. The van der Waals surface area contributed by atoms with E-state index in [9.17, 15) is 22.8 Å². The van der Waals surface area contributed by atoms with E-state index in [1.165, 1.54) is 12.1 Å². The van der Waals surface area contributed by atoms with Crippen molar-refractivity contribution in [2.75, 3.05) is 19.6 Å². The number of amides is 2. The molecule has 1 atom stereocenters. The van der Waals surface area contributed by atoms with E-state index in [0.717, 1.165) is 31.5 Å². The Morgan fingerprint density at radius 2 is 1.92 bits per heavy atom. The molecule has 1 aromatic carbocycles. The van der Waals surface area contributed by atoms with Crippen LogP contribution in [0.3, 0.4) is 0 Å². The first-order chi connectivity index (χ1) is 10.9. The fourth-order valence-corrected chi connectivity index (χ4v) is 2.41. The first-order valence-corrected chi connectivity index (χ1v) is 7.32. The van der Waals surface area contributed by atoms with Gasteiger partial charge in [-0.3, -0.25) is 9.59 Å². The maximum Gasteiger partial charge on any atom is 0.417 e. The lowest BCUT2D eigenvalue weighted by molar-refractivity contribution is -0.137. The van der Waals surface area contributed by atoms with Crippen molar-refractivity contribution < 1.29 is 22.8 Å². The lowest BCUT2D eigenvalue weighted by Gasteiger charge is -2.14. The highest BCUT2D eigenvalue weighted by molar-refractivity contribution is 5.97. The van der Waals surface area contributed by atoms with Crippen molar-refractivity contribution in [2.24, 2.45) is 0 Å². The van der Waals surface area contributed by atoms with Crippen LogP contribution in [0.5, 0.6) is 0 Å². The Bertz CT molecular complexity index is 575. The Kier molecular flexibility index (Phi) is 7.50. The fourth-order valence-electron chi connectivity index (χ4n) is 2.41. The molecule has 0 aromatic heterocycles. The van der Waals surface area contributed by atoms with Gasteiger partial charge in [0.25, 0.3) is 5.91 Å². The molecule has 134 valence electrons. The number of hydrogen-bond donors (Lipinski definition) is 3. The van der Waals surface area contributed by atoms with Crippen LogP contribution < -0.4 is 16.0 Å². The number of hydrogen-bond acceptors (Lipinski definition) is 3. The van der Waals surface area contributed by atoms with E-state index in [1.807, 2.05) is 0 Å². The van der Waals surface area contributed by atoms with Crippen molar-refractivity contribution in [1.82, 2.24) is 16.0 Å². The molecule has 5 nitrogen and oxygen atoms in total. The predicted octanol–water partition coefficient (Wildman–Crippen LogP) is 1.73. The molecule has 2 rings (SSSR count). The summed E-state index contributed by atoms with van der Waals surface area (Å²) in [7, 11) is 0. The van der Waals surface area contributed by atoms with Crippen LogP contribution in [0.15, 0.2) is 24.3 Å². The second kappa shape index (κ2) is 8.89. The molecule has 1 aromatic rings. The number of rotatable bonds is 5. The molecule has 1 aliphatic rings. The van der Waals surface area contributed by atoms with Crippen molar-refractivity contribution >= 4 is 24.2 Å². The zero-order valence-electron chi connectivity index (χ0n) is 12.8. The molecule has 1 heterocycles. The zero-order valence-corrected chi connectivity index (χ0v) is 13.6. The van der Waals surface area contributed by atoms with E-state index < -0.39 is 29.1 Å². The quantitative estimate of drug-likeness (QED) is 0.744. The third kappa shape index (κ3) is 5.68. The molecule has 0 spiro atoms. The summed E-state index contributed by atoms with van der Waals surface area (Å²) in [5.74, 6) is -1.36. The summed E-state index contributed by atoms with van der Waals surface area (Å²) in [6.07, 6.45) is -2.61. The van der Waals surface area contributed by atoms with Gasteiger partial charge in [-0.15, -0.1) is 12.4 Å². The Hall–Kier alpha value is -1.80. The summed E-state index contributed by atoms with van der Waals surface area (Å²) >= 11 is 0. The van der Waals surface area contributed by atoms with Crippen molar-refractivity contribution in [3.05, 3.63) is 35.4 Å². The first kappa shape index (κ1) is 20.2. The van der Waals surface area contributed by atoms with Gasteiger partial charge in [0, 0.05) is 12.6 Å². The summed E-state index contributed by atoms with van der Waals surface area (Å²) in [5, 5.41) is 8.05. The zero-order chi connectivity index (χ0) is 16.9. The highest BCUT2D eigenvalue weighted by Gasteiger charge is 2.34. The number of halogens is 4. The molecule has 0 bridgehead atoms. The van der Waals surface area contributed by atoms with E-state index in [-0.39, 0.29) is 25.0 Å². The molecule has 2 amide bonds. The van der Waals surface area contributed by atoms with Crippen molar-refractivity contribution in [3.63, 3.8) is 0 Å². The van der Waals surface area contributed by atoms with Gasteiger partial charge in [-0.1, -0.05) is 12.1 Å². The van der Waals surface area contributed by atoms with Gasteiger partial charge >= 0.3 is 6.18 Å². The normalized spacial score (nSPS) is 17.0. The lowest BCUT2D eigenvalue weighted by atomic mass is 10.1. The highest BCUT2D eigenvalue weighted by atomic mass is 35.5. The number of nitrogens with one attached hydrogen (secondary N) is 3. The molecule has 24 heavy (non-hydrogen) atoms. The summed E-state index contributed by atoms with van der Waals surface area (Å²) < 4.78 is 38.5. The van der Waals surface area contributed by atoms with Crippen LogP contribution in [-0.2, 0) is 11.0 Å². The Labute approximate surface area is 143 Å². The first-order valence-electron chi connectivity index (χ1n) is 7.32. The summed E-state index contributed by atoms with van der Waals surface area (Å²) in [5.41, 5.74) is -1.52. The van der Waals surface area contributed by atoms with Crippen molar-refractivity contribution in [2.45, 2.75) is 25.1 Å². The van der Waals surface area contributed by atoms with Gasteiger partial charge in [0.1, 0.15) is 0 Å². The Balaban J connectivity index is 0.00000288. The molecular formula is C15H19ClF3N3O2. The maximum atomic E-state index is 12.8. The average molecular weight is 366 g/mol. The van der Waals surface area contributed by atoms with Crippen molar-refractivity contribution in [1.29, 1.82) is 0 Å².